The third-order valence-electron chi connectivity index (χ3n) is 6.86. The van der Waals surface area contributed by atoms with E-state index in [1.165, 1.54) is 62.5 Å². The second-order valence-corrected chi connectivity index (χ2v) is 9.72. The van der Waals surface area contributed by atoms with E-state index in [1.807, 2.05) is 0 Å². The summed E-state index contributed by atoms with van der Waals surface area (Å²) >= 11 is 0. The van der Waals surface area contributed by atoms with Crippen LogP contribution in [0.25, 0.3) is 11.1 Å². The molecule has 182 valence electrons. The summed E-state index contributed by atoms with van der Waals surface area (Å²) in [6.07, 6.45) is 11.2. The van der Waals surface area contributed by atoms with E-state index in [4.69, 9.17) is 14.2 Å². The maximum Gasteiger partial charge on any atom is 0.183 e. The Morgan fingerprint density at radius 1 is 0.818 bits per heavy atom. The maximum absolute atomic E-state index is 6.05. The summed E-state index contributed by atoms with van der Waals surface area (Å²) in [6, 6.07) is 17.0. The van der Waals surface area contributed by atoms with Crippen LogP contribution in [0.5, 0.6) is 5.75 Å². The molecule has 0 radical (unpaired) electrons. The lowest BCUT2D eigenvalue weighted by molar-refractivity contribution is -0.206. The Hall–Kier alpha value is -1.84. The average Bonchev–Trinajstić information content (AvgIpc) is 2.87. The zero-order chi connectivity index (χ0) is 23.3. The van der Waals surface area contributed by atoms with E-state index in [0.717, 1.165) is 43.5 Å². The number of hydrogen-bond donors (Lipinski definition) is 0. The second-order valence-electron chi connectivity index (χ2n) is 9.72. The summed E-state index contributed by atoms with van der Waals surface area (Å²) in [7, 11) is 0. The Kier molecular flexibility index (Phi) is 11.3. The molecule has 33 heavy (non-hydrogen) atoms. The molecule has 1 heterocycles. The van der Waals surface area contributed by atoms with Gasteiger partial charge in [-0.1, -0.05) is 95.7 Å². The fourth-order valence-electron chi connectivity index (χ4n) is 4.34. The lowest BCUT2D eigenvalue weighted by Crippen LogP contribution is -2.27. The molecule has 0 amide bonds. The van der Waals surface area contributed by atoms with Crippen molar-refractivity contribution in [3.8, 4) is 16.9 Å². The Morgan fingerprint density at radius 3 is 2.09 bits per heavy atom. The summed E-state index contributed by atoms with van der Waals surface area (Å²) in [4.78, 5) is 0. The molecule has 0 saturated carbocycles. The largest absolute Gasteiger partial charge is 0.494 e. The average molecular weight is 453 g/mol. The van der Waals surface area contributed by atoms with Gasteiger partial charge >= 0.3 is 0 Å². The van der Waals surface area contributed by atoms with Crippen LogP contribution in [0, 0.1) is 11.8 Å². The van der Waals surface area contributed by atoms with Gasteiger partial charge in [0.2, 0.25) is 0 Å². The molecule has 0 aromatic heterocycles. The molecule has 2 aromatic carbocycles. The highest BCUT2D eigenvalue weighted by Gasteiger charge is 2.23. The topological polar surface area (TPSA) is 27.7 Å². The van der Waals surface area contributed by atoms with Crippen LogP contribution in [0.15, 0.2) is 48.5 Å². The predicted molar refractivity (Wildman–Crippen MR) is 138 cm³/mol. The summed E-state index contributed by atoms with van der Waals surface area (Å²) in [5.74, 6) is 2.27. The Morgan fingerprint density at radius 2 is 1.45 bits per heavy atom. The van der Waals surface area contributed by atoms with Crippen LogP contribution in [-0.4, -0.2) is 19.8 Å². The van der Waals surface area contributed by atoms with E-state index in [2.05, 4.69) is 69.3 Å². The van der Waals surface area contributed by atoms with E-state index >= 15 is 0 Å². The van der Waals surface area contributed by atoms with Gasteiger partial charge in [-0.2, -0.15) is 0 Å². The molecule has 1 aliphatic rings. The van der Waals surface area contributed by atoms with Gasteiger partial charge in [-0.05, 0) is 48.4 Å². The van der Waals surface area contributed by atoms with Gasteiger partial charge in [0.25, 0.3) is 0 Å². The smallest absolute Gasteiger partial charge is 0.183 e. The molecule has 3 nitrogen and oxygen atoms in total. The van der Waals surface area contributed by atoms with Gasteiger partial charge in [0.05, 0.1) is 19.8 Å². The minimum atomic E-state index is -0.235. The molecule has 1 saturated heterocycles. The second kappa shape index (κ2) is 14.4. The van der Waals surface area contributed by atoms with Crippen molar-refractivity contribution >= 4 is 0 Å². The molecule has 1 atom stereocenters. The van der Waals surface area contributed by atoms with Crippen molar-refractivity contribution < 1.29 is 14.2 Å². The Balaban J connectivity index is 1.41. The van der Waals surface area contributed by atoms with Crippen LogP contribution in [-0.2, 0) is 9.47 Å². The van der Waals surface area contributed by atoms with Crippen molar-refractivity contribution in [1.82, 2.24) is 0 Å². The van der Waals surface area contributed by atoms with Crippen molar-refractivity contribution in [2.75, 3.05) is 19.8 Å². The maximum atomic E-state index is 6.05. The molecule has 1 aliphatic heterocycles. The molecular formula is C30H44O3. The zero-order valence-corrected chi connectivity index (χ0v) is 21.1. The van der Waals surface area contributed by atoms with Crippen LogP contribution in [0.1, 0.15) is 90.4 Å². The highest BCUT2D eigenvalue weighted by atomic mass is 16.7. The molecule has 3 heteroatoms. The van der Waals surface area contributed by atoms with Gasteiger partial charge in [0.15, 0.2) is 6.29 Å². The minimum absolute atomic E-state index is 0.235. The van der Waals surface area contributed by atoms with Gasteiger partial charge in [-0.3, -0.25) is 0 Å². The Bertz CT molecular complexity index is 760. The van der Waals surface area contributed by atoms with E-state index in [1.54, 1.807) is 0 Å². The van der Waals surface area contributed by atoms with Crippen molar-refractivity contribution in [2.45, 2.75) is 84.8 Å². The normalized spacial score (nSPS) is 19.4. The first kappa shape index (κ1) is 25.8. The van der Waals surface area contributed by atoms with Gasteiger partial charge in [0, 0.05) is 11.5 Å². The van der Waals surface area contributed by atoms with Crippen LogP contribution in [0.3, 0.4) is 0 Å². The molecule has 0 spiro atoms. The standard InChI is InChI=1S/C30H44O3/c1-4-6-7-8-9-12-25-22-32-30(33-23-25)28-15-13-26(14-16-28)27-17-19-29(20-18-27)31-21-10-11-24(3)5-2/h13-20,24-25,30H,4-12,21-23H2,1-3H3. The zero-order valence-electron chi connectivity index (χ0n) is 21.1. The molecule has 0 aliphatic carbocycles. The number of benzene rings is 2. The first-order valence-corrected chi connectivity index (χ1v) is 13.3. The Labute approximate surface area is 201 Å². The first-order valence-electron chi connectivity index (χ1n) is 13.3. The van der Waals surface area contributed by atoms with Crippen LogP contribution < -0.4 is 4.74 Å². The van der Waals surface area contributed by atoms with Gasteiger partial charge < -0.3 is 14.2 Å². The van der Waals surface area contributed by atoms with Crippen molar-refractivity contribution in [2.24, 2.45) is 11.8 Å². The van der Waals surface area contributed by atoms with Crippen LogP contribution in [0.4, 0.5) is 0 Å². The molecule has 0 N–H and O–H groups in total. The molecule has 3 rings (SSSR count). The highest BCUT2D eigenvalue weighted by Crippen LogP contribution is 2.30. The molecular weight excluding hydrogens is 408 g/mol. The van der Waals surface area contributed by atoms with Gasteiger partial charge in [-0.25, -0.2) is 0 Å². The summed E-state index contributed by atoms with van der Waals surface area (Å²) < 4.78 is 18.0. The third-order valence-corrected chi connectivity index (χ3v) is 6.86. The number of rotatable bonds is 14. The highest BCUT2D eigenvalue weighted by molar-refractivity contribution is 5.64. The lowest BCUT2D eigenvalue weighted by Gasteiger charge is -2.29. The molecule has 0 bridgehead atoms. The SMILES string of the molecule is CCCCCCCC1COC(c2ccc(-c3ccc(OCCCC(C)CC)cc3)cc2)OC1. The van der Waals surface area contributed by atoms with E-state index in [0.29, 0.717) is 5.92 Å². The fraction of sp³-hybridized carbons (Fsp3) is 0.600. The van der Waals surface area contributed by atoms with Gasteiger partial charge in [-0.15, -0.1) is 0 Å². The lowest BCUT2D eigenvalue weighted by atomic mass is 10.0. The first-order chi connectivity index (χ1) is 16.2. The number of unbranched alkanes of at least 4 members (excludes halogenated alkanes) is 4. The number of hydrogen-bond acceptors (Lipinski definition) is 3. The van der Waals surface area contributed by atoms with Crippen molar-refractivity contribution in [3.63, 3.8) is 0 Å². The molecule has 1 unspecified atom stereocenters. The summed E-state index contributed by atoms with van der Waals surface area (Å²) in [5, 5.41) is 0. The van der Waals surface area contributed by atoms with Crippen molar-refractivity contribution in [1.29, 1.82) is 0 Å². The third kappa shape index (κ3) is 8.79. The molecule has 2 aromatic rings. The summed E-state index contributed by atoms with van der Waals surface area (Å²) in [6.45, 7) is 9.22. The van der Waals surface area contributed by atoms with Gasteiger partial charge in [0.1, 0.15) is 5.75 Å². The molecule has 1 fully saturated rings. The van der Waals surface area contributed by atoms with Crippen molar-refractivity contribution in [3.05, 3.63) is 54.1 Å². The quantitative estimate of drug-likeness (QED) is 0.269. The number of ether oxygens (including phenoxy) is 3. The van der Waals surface area contributed by atoms with E-state index < -0.39 is 0 Å². The van der Waals surface area contributed by atoms with E-state index in [9.17, 15) is 0 Å². The van der Waals surface area contributed by atoms with E-state index in [-0.39, 0.29) is 6.29 Å². The fourth-order valence-corrected chi connectivity index (χ4v) is 4.34. The monoisotopic (exact) mass is 452 g/mol. The summed E-state index contributed by atoms with van der Waals surface area (Å²) in [5.41, 5.74) is 3.49. The minimum Gasteiger partial charge on any atom is -0.494 e. The predicted octanol–water partition coefficient (Wildman–Crippen LogP) is 8.58. The van der Waals surface area contributed by atoms with Crippen LogP contribution in [0.2, 0.25) is 0 Å². The van der Waals surface area contributed by atoms with Crippen LogP contribution >= 0.6 is 0 Å².